The van der Waals surface area contributed by atoms with Gasteiger partial charge in [-0.3, -0.25) is 9.10 Å². The minimum absolute atomic E-state index is 0.0284. The zero-order valence-corrected chi connectivity index (χ0v) is 18.8. The molecule has 0 saturated carbocycles. The van der Waals surface area contributed by atoms with Gasteiger partial charge in [-0.2, -0.15) is 0 Å². The molecule has 32 heavy (non-hydrogen) atoms. The van der Waals surface area contributed by atoms with Crippen molar-refractivity contribution in [1.29, 1.82) is 0 Å². The lowest BCUT2D eigenvalue weighted by molar-refractivity contribution is -0.114. The van der Waals surface area contributed by atoms with Crippen molar-refractivity contribution in [3.05, 3.63) is 77.6 Å². The number of methoxy groups -OCH3 is 2. The molecular weight excluding hydrogens is 459 g/mol. The molecule has 10 heteroatoms. The van der Waals surface area contributed by atoms with Crippen LogP contribution in [0.15, 0.2) is 71.6 Å². The Balaban J connectivity index is 1.94. The molecule has 0 aliphatic carbocycles. The summed E-state index contributed by atoms with van der Waals surface area (Å²) in [5, 5.41) is 2.36. The van der Waals surface area contributed by atoms with Crippen LogP contribution in [0, 0.1) is 5.82 Å². The van der Waals surface area contributed by atoms with E-state index in [0.29, 0.717) is 17.2 Å². The monoisotopic (exact) mass is 478 g/mol. The van der Waals surface area contributed by atoms with Gasteiger partial charge < -0.3 is 14.8 Å². The van der Waals surface area contributed by atoms with Gasteiger partial charge in [0.15, 0.2) is 11.5 Å². The van der Waals surface area contributed by atoms with Gasteiger partial charge in [-0.1, -0.05) is 29.8 Å². The average molecular weight is 479 g/mol. The minimum Gasteiger partial charge on any atom is -0.493 e. The highest BCUT2D eigenvalue weighted by molar-refractivity contribution is 7.92. The third-order valence-corrected chi connectivity index (χ3v) is 6.55. The van der Waals surface area contributed by atoms with Crippen molar-refractivity contribution < 1.29 is 27.1 Å². The highest BCUT2D eigenvalue weighted by Gasteiger charge is 2.27. The zero-order valence-electron chi connectivity index (χ0n) is 17.2. The molecule has 7 nitrogen and oxygen atoms in total. The first kappa shape index (κ1) is 23.4. The normalized spacial score (nSPS) is 11.0. The van der Waals surface area contributed by atoms with Crippen molar-refractivity contribution in [2.45, 2.75) is 4.90 Å². The second-order valence-electron chi connectivity index (χ2n) is 6.54. The standard InChI is InChI=1S/C22H20ClFN2O5S/c1-30-20-11-8-15(12-21(20)31-2)25-22(27)14-26(16-9-10-19(24)18(23)13-16)32(28,29)17-6-4-3-5-7-17/h3-13H,14H2,1-2H3,(H,25,27). The molecule has 1 N–H and O–H groups in total. The topological polar surface area (TPSA) is 84.9 Å². The Bertz CT molecular complexity index is 1220. The van der Waals surface area contributed by atoms with Crippen LogP contribution in [0.4, 0.5) is 15.8 Å². The SMILES string of the molecule is COc1ccc(NC(=O)CN(c2ccc(F)c(Cl)c2)S(=O)(=O)c2ccccc2)cc1OC. The highest BCUT2D eigenvalue weighted by atomic mass is 35.5. The van der Waals surface area contributed by atoms with E-state index in [1.54, 1.807) is 36.4 Å². The third-order valence-electron chi connectivity index (χ3n) is 4.48. The zero-order chi connectivity index (χ0) is 23.3. The third kappa shape index (κ3) is 5.12. The number of benzene rings is 3. The summed E-state index contributed by atoms with van der Waals surface area (Å²) in [5.41, 5.74) is 0.421. The van der Waals surface area contributed by atoms with Crippen molar-refractivity contribution in [1.82, 2.24) is 0 Å². The molecule has 3 aromatic carbocycles. The molecule has 0 unspecified atom stereocenters. The van der Waals surface area contributed by atoms with Gasteiger partial charge in [-0.15, -0.1) is 0 Å². The number of anilines is 2. The molecule has 0 aliphatic rings. The van der Waals surface area contributed by atoms with Crippen molar-refractivity contribution in [3.63, 3.8) is 0 Å². The van der Waals surface area contributed by atoms with E-state index >= 15 is 0 Å². The van der Waals surface area contributed by atoms with Crippen molar-refractivity contribution in [3.8, 4) is 11.5 Å². The van der Waals surface area contributed by atoms with E-state index < -0.39 is 28.3 Å². The van der Waals surface area contributed by atoms with E-state index in [1.807, 2.05) is 0 Å². The van der Waals surface area contributed by atoms with E-state index in [-0.39, 0.29) is 15.6 Å². The molecular formula is C22H20ClFN2O5S. The van der Waals surface area contributed by atoms with Gasteiger partial charge in [0, 0.05) is 11.8 Å². The van der Waals surface area contributed by atoms with Gasteiger partial charge >= 0.3 is 0 Å². The Kier molecular flexibility index (Phi) is 7.22. The van der Waals surface area contributed by atoms with Crippen LogP contribution in [0.5, 0.6) is 11.5 Å². The largest absolute Gasteiger partial charge is 0.493 e. The van der Waals surface area contributed by atoms with E-state index in [9.17, 15) is 17.6 Å². The fraction of sp³-hybridized carbons (Fsp3) is 0.136. The fourth-order valence-electron chi connectivity index (χ4n) is 2.92. The number of nitrogens with zero attached hydrogens (tertiary/aromatic N) is 1. The number of ether oxygens (including phenoxy) is 2. The maximum Gasteiger partial charge on any atom is 0.264 e. The maximum atomic E-state index is 13.7. The number of hydrogen-bond donors (Lipinski definition) is 1. The van der Waals surface area contributed by atoms with Crippen LogP contribution < -0.4 is 19.1 Å². The number of nitrogens with one attached hydrogen (secondary N) is 1. The molecule has 0 heterocycles. The van der Waals surface area contributed by atoms with E-state index in [4.69, 9.17) is 21.1 Å². The smallest absolute Gasteiger partial charge is 0.264 e. The Morgan fingerprint density at radius 1 is 1.00 bits per heavy atom. The first-order valence-corrected chi connectivity index (χ1v) is 11.1. The Morgan fingerprint density at radius 2 is 1.69 bits per heavy atom. The Hall–Kier alpha value is -3.30. The molecule has 0 spiro atoms. The molecule has 0 aromatic heterocycles. The molecule has 1 amide bonds. The van der Waals surface area contributed by atoms with Gasteiger partial charge in [-0.05, 0) is 42.5 Å². The number of halogens is 2. The number of carbonyl (C=O) groups is 1. The van der Waals surface area contributed by atoms with Crippen molar-refractivity contribution in [2.24, 2.45) is 0 Å². The first-order chi connectivity index (χ1) is 15.3. The lowest BCUT2D eigenvalue weighted by Gasteiger charge is -2.24. The molecule has 0 atom stereocenters. The van der Waals surface area contributed by atoms with E-state index in [1.165, 1.54) is 32.4 Å². The number of sulfonamides is 1. The molecule has 0 radical (unpaired) electrons. The summed E-state index contributed by atoms with van der Waals surface area (Å²) in [6.07, 6.45) is 0. The molecule has 3 aromatic rings. The van der Waals surface area contributed by atoms with Gasteiger partial charge in [0.25, 0.3) is 10.0 Å². The second-order valence-corrected chi connectivity index (χ2v) is 8.81. The maximum absolute atomic E-state index is 13.7. The average Bonchev–Trinajstić information content (AvgIpc) is 2.79. The van der Waals surface area contributed by atoms with Crippen LogP contribution in [0.2, 0.25) is 5.02 Å². The summed E-state index contributed by atoms with van der Waals surface area (Å²) in [6, 6.07) is 15.8. The molecule has 3 rings (SSSR count). The number of carbonyl (C=O) groups excluding carboxylic acids is 1. The van der Waals surface area contributed by atoms with Crippen LogP contribution in [0.1, 0.15) is 0 Å². The summed E-state index contributed by atoms with van der Waals surface area (Å²) in [6.45, 7) is -0.576. The van der Waals surface area contributed by atoms with Crippen LogP contribution >= 0.6 is 11.6 Å². The quantitative estimate of drug-likeness (QED) is 0.521. The van der Waals surface area contributed by atoms with Crippen LogP contribution in [0.25, 0.3) is 0 Å². The lowest BCUT2D eigenvalue weighted by Crippen LogP contribution is -2.38. The molecule has 0 saturated heterocycles. The van der Waals surface area contributed by atoms with Gasteiger partial charge in [0.05, 0.1) is 29.8 Å². The Labute approximate surface area is 190 Å². The summed E-state index contributed by atoms with van der Waals surface area (Å²) < 4.78 is 51.5. The molecule has 0 bridgehead atoms. The van der Waals surface area contributed by atoms with Crippen LogP contribution in [0.3, 0.4) is 0 Å². The van der Waals surface area contributed by atoms with Crippen molar-refractivity contribution in [2.75, 3.05) is 30.4 Å². The Morgan fingerprint density at radius 3 is 2.31 bits per heavy atom. The van der Waals surface area contributed by atoms with Gasteiger partial charge in [-0.25, -0.2) is 12.8 Å². The predicted molar refractivity (Wildman–Crippen MR) is 121 cm³/mol. The summed E-state index contributed by atoms with van der Waals surface area (Å²) in [7, 11) is -1.21. The summed E-state index contributed by atoms with van der Waals surface area (Å²) in [4.78, 5) is 12.8. The molecule has 168 valence electrons. The highest BCUT2D eigenvalue weighted by Crippen LogP contribution is 2.30. The van der Waals surface area contributed by atoms with Gasteiger partial charge in [0.2, 0.25) is 5.91 Å². The van der Waals surface area contributed by atoms with Crippen LogP contribution in [-0.4, -0.2) is 35.1 Å². The predicted octanol–water partition coefficient (Wildman–Crippen LogP) is 4.33. The van der Waals surface area contributed by atoms with Crippen molar-refractivity contribution >= 4 is 38.9 Å². The minimum atomic E-state index is -4.15. The number of hydrogen-bond acceptors (Lipinski definition) is 5. The van der Waals surface area contributed by atoms with Gasteiger partial charge in [0.1, 0.15) is 12.4 Å². The molecule has 0 fully saturated rings. The number of rotatable bonds is 8. The van der Waals surface area contributed by atoms with E-state index in [2.05, 4.69) is 5.32 Å². The summed E-state index contributed by atoms with van der Waals surface area (Å²) in [5.74, 6) is -0.469. The fourth-order valence-corrected chi connectivity index (χ4v) is 4.53. The van der Waals surface area contributed by atoms with Crippen LogP contribution in [-0.2, 0) is 14.8 Å². The molecule has 0 aliphatic heterocycles. The summed E-state index contributed by atoms with van der Waals surface area (Å²) >= 11 is 5.86. The lowest BCUT2D eigenvalue weighted by atomic mass is 10.2. The number of amides is 1. The first-order valence-electron chi connectivity index (χ1n) is 9.31. The second kappa shape index (κ2) is 9.88. The van der Waals surface area contributed by atoms with E-state index in [0.717, 1.165) is 16.4 Å².